The molecule has 0 spiro atoms. The van der Waals surface area contributed by atoms with Gasteiger partial charge in [0.25, 0.3) is 0 Å². The summed E-state index contributed by atoms with van der Waals surface area (Å²) in [6, 6.07) is 2.35. The van der Waals surface area contributed by atoms with Gasteiger partial charge in [0.1, 0.15) is 4.90 Å². The van der Waals surface area contributed by atoms with Crippen LogP contribution in [-0.4, -0.2) is 14.5 Å². The third-order valence-corrected chi connectivity index (χ3v) is 5.16. The fourth-order valence-corrected chi connectivity index (χ4v) is 4.62. The average Bonchev–Trinajstić information content (AvgIpc) is 2.25. The topological polar surface area (TPSA) is 46.2 Å². The number of nitrogens with one attached hydrogen (secondary N) is 1. The van der Waals surface area contributed by atoms with Gasteiger partial charge in [-0.3, -0.25) is 0 Å². The van der Waals surface area contributed by atoms with Gasteiger partial charge in [-0.15, -0.1) is 6.42 Å². The molecule has 7 heteroatoms. The van der Waals surface area contributed by atoms with Crippen LogP contribution in [0, 0.1) is 12.3 Å². The van der Waals surface area contributed by atoms with Crippen LogP contribution in [0.3, 0.4) is 0 Å². The Morgan fingerprint density at radius 3 is 2.37 bits per heavy atom. The Morgan fingerprint density at radius 2 is 1.95 bits per heavy atom. The molecule has 0 fully saturated rings. The van der Waals surface area contributed by atoms with Crippen LogP contribution in [0.4, 0.5) is 0 Å². The maximum atomic E-state index is 12.2. The van der Waals surface area contributed by atoms with Gasteiger partial charge in [-0.2, -0.15) is 4.72 Å². The number of rotatable bonds is 5. The molecule has 0 amide bonds. The predicted molar refractivity (Wildman–Crippen MR) is 82.0 cm³/mol. The Labute approximate surface area is 131 Å². The van der Waals surface area contributed by atoms with E-state index in [9.17, 15) is 8.42 Å². The summed E-state index contributed by atoms with van der Waals surface area (Å²) >= 11 is 15.1. The van der Waals surface area contributed by atoms with E-state index in [-0.39, 0.29) is 14.9 Å². The maximum absolute atomic E-state index is 12.2. The molecule has 0 radical (unpaired) electrons. The summed E-state index contributed by atoms with van der Waals surface area (Å²) in [5.74, 6) is 2.39. The maximum Gasteiger partial charge on any atom is 0.244 e. The zero-order valence-electron chi connectivity index (χ0n) is 10.1. The lowest BCUT2D eigenvalue weighted by Crippen LogP contribution is -2.34. The third-order valence-electron chi connectivity index (χ3n) is 2.31. The van der Waals surface area contributed by atoms with Gasteiger partial charge in [-0.05, 0) is 18.6 Å². The van der Waals surface area contributed by atoms with Crippen LogP contribution < -0.4 is 4.72 Å². The summed E-state index contributed by atoms with van der Waals surface area (Å²) in [6.45, 7) is 1.91. The first-order valence-electron chi connectivity index (χ1n) is 5.44. The highest BCUT2D eigenvalue weighted by molar-refractivity contribution is 9.10. The normalized spacial score (nSPS) is 13.0. The molecule has 1 unspecified atom stereocenters. The molecule has 19 heavy (non-hydrogen) atoms. The highest BCUT2D eigenvalue weighted by Crippen LogP contribution is 2.32. The Bertz CT molecular complexity index is 588. The molecule has 0 saturated carbocycles. The highest BCUT2D eigenvalue weighted by Gasteiger charge is 2.24. The van der Waals surface area contributed by atoms with Crippen molar-refractivity contribution in [2.45, 2.75) is 30.7 Å². The van der Waals surface area contributed by atoms with Gasteiger partial charge in [0.05, 0.1) is 16.1 Å². The van der Waals surface area contributed by atoms with E-state index in [0.717, 1.165) is 6.42 Å². The largest absolute Gasteiger partial charge is 0.244 e. The van der Waals surface area contributed by atoms with E-state index in [1.54, 1.807) is 0 Å². The lowest BCUT2D eigenvalue weighted by atomic mass is 10.2. The van der Waals surface area contributed by atoms with Gasteiger partial charge >= 0.3 is 0 Å². The van der Waals surface area contributed by atoms with E-state index in [2.05, 4.69) is 26.6 Å². The molecule has 0 bridgehead atoms. The van der Waals surface area contributed by atoms with E-state index >= 15 is 0 Å². The molecular weight excluding hydrogens is 373 g/mol. The van der Waals surface area contributed by atoms with Crippen molar-refractivity contribution in [3.05, 3.63) is 26.7 Å². The van der Waals surface area contributed by atoms with Gasteiger partial charge in [0.2, 0.25) is 10.0 Å². The highest BCUT2D eigenvalue weighted by atomic mass is 79.9. The lowest BCUT2D eigenvalue weighted by Gasteiger charge is -2.14. The van der Waals surface area contributed by atoms with E-state index in [1.807, 2.05) is 6.92 Å². The molecule has 1 rings (SSSR count). The van der Waals surface area contributed by atoms with Crippen molar-refractivity contribution >= 4 is 49.2 Å². The molecule has 1 N–H and O–H groups in total. The van der Waals surface area contributed by atoms with E-state index < -0.39 is 16.1 Å². The fourth-order valence-electron chi connectivity index (χ4n) is 1.50. The van der Waals surface area contributed by atoms with Crippen LogP contribution in [0.5, 0.6) is 0 Å². The Morgan fingerprint density at radius 1 is 1.42 bits per heavy atom. The van der Waals surface area contributed by atoms with Crippen LogP contribution in [0.15, 0.2) is 21.5 Å². The third kappa shape index (κ3) is 4.37. The van der Waals surface area contributed by atoms with Crippen LogP contribution in [0.25, 0.3) is 0 Å². The molecule has 0 aliphatic carbocycles. The van der Waals surface area contributed by atoms with Gasteiger partial charge in [-0.25, -0.2) is 8.42 Å². The minimum Gasteiger partial charge on any atom is -0.207 e. The number of halogens is 3. The number of hydrogen-bond acceptors (Lipinski definition) is 2. The summed E-state index contributed by atoms with van der Waals surface area (Å²) in [5.41, 5.74) is 0. The minimum absolute atomic E-state index is 0.0409. The minimum atomic E-state index is -3.85. The van der Waals surface area contributed by atoms with Crippen molar-refractivity contribution in [3.8, 4) is 12.3 Å². The fraction of sp³-hybridized carbons (Fsp3) is 0.333. The Kier molecular flexibility index (Phi) is 6.15. The van der Waals surface area contributed by atoms with Crippen molar-refractivity contribution < 1.29 is 8.42 Å². The summed E-state index contributed by atoms with van der Waals surface area (Å²) in [7, 11) is -3.85. The number of hydrogen-bond donors (Lipinski definition) is 1. The second-order valence-electron chi connectivity index (χ2n) is 3.83. The standard InChI is InChI=1S/C12H12BrCl2NO2S/c1-3-5-9(4-2)16-19(17,18)12-10(14)6-8(13)7-11(12)15/h2,6-7,9,16H,3,5H2,1H3. The first kappa shape index (κ1) is 16.8. The van der Waals surface area contributed by atoms with Crippen LogP contribution in [-0.2, 0) is 10.0 Å². The molecule has 104 valence electrons. The van der Waals surface area contributed by atoms with Crippen LogP contribution in [0.2, 0.25) is 10.0 Å². The molecule has 0 aromatic heterocycles. The van der Waals surface area contributed by atoms with Crippen molar-refractivity contribution in [3.63, 3.8) is 0 Å². The quantitative estimate of drug-likeness (QED) is 0.784. The molecule has 1 aromatic carbocycles. The monoisotopic (exact) mass is 383 g/mol. The Hall–Kier alpha value is -0.250. The predicted octanol–water partition coefficient (Wildman–Crippen LogP) is 3.84. The zero-order valence-corrected chi connectivity index (χ0v) is 14.0. The molecule has 1 aromatic rings. The Balaban J connectivity index is 3.18. The first-order chi connectivity index (χ1) is 8.81. The van der Waals surface area contributed by atoms with Crippen molar-refractivity contribution in [2.24, 2.45) is 0 Å². The SMILES string of the molecule is C#CC(CCC)NS(=O)(=O)c1c(Cl)cc(Br)cc1Cl. The molecule has 1 atom stereocenters. The van der Waals surface area contributed by atoms with Gasteiger partial charge < -0.3 is 0 Å². The van der Waals surface area contributed by atoms with Crippen molar-refractivity contribution in [2.75, 3.05) is 0 Å². The number of sulfonamides is 1. The summed E-state index contributed by atoms with van der Waals surface area (Å²) < 4.78 is 27.5. The smallest absolute Gasteiger partial charge is 0.207 e. The summed E-state index contributed by atoms with van der Waals surface area (Å²) in [5, 5.41) is 0.0817. The van der Waals surface area contributed by atoms with E-state index in [4.69, 9.17) is 29.6 Å². The van der Waals surface area contributed by atoms with Crippen molar-refractivity contribution in [1.29, 1.82) is 0 Å². The molecule has 0 aliphatic rings. The summed E-state index contributed by atoms with van der Waals surface area (Å²) in [6.07, 6.45) is 6.60. The number of terminal acetylenes is 1. The van der Waals surface area contributed by atoms with Crippen LogP contribution >= 0.6 is 39.1 Å². The molecule has 0 heterocycles. The van der Waals surface area contributed by atoms with E-state index in [1.165, 1.54) is 12.1 Å². The molecular formula is C12H12BrCl2NO2S. The zero-order chi connectivity index (χ0) is 14.6. The summed E-state index contributed by atoms with van der Waals surface area (Å²) in [4.78, 5) is -0.157. The molecule has 0 aliphatic heterocycles. The lowest BCUT2D eigenvalue weighted by molar-refractivity contribution is 0.564. The van der Waals surface area contributed by atoms with Gasteiger partial charge in [0.15, 0.2) is 0 Å². The second-order valence-corrected chi connectivity index (χ2v) is 7.21. The van der Waals surface area contributed by atoms with Gasteiger partial charge in [0, 0.05) is 4.47 Å². The van der Waals surface area contributed by atoms with Gasteiger partial charge in [-0.1, -0.05) is 58.4 Å². The van der Waals surface area contributed by atoms with Crippen LogP contribution in [0.1, 0.15) is 19.8 Å². The number of benzene rings is 1. The first-order valence-corrected chi connectivity index (χ1v) is 8.48. The molecule has 3 nitrogen and oxygen atoms in total. The molecule has 0 saturated heterocycles. The van der Waals surface area contributed by atoms with E-state index in [0.29, 0.717) is 10.9 Å². The second kappa shape index (κ2) is 6.96. The van der Waals surface area contributed by atoms with Crippen molar-refractivity contribution in [1.82, 2.24) is 4.72 Å². The average molecular weight is 385 g/mol.